The molecule has 1 aliphatic rings. The second kappa shape index (κ2) is 5.87. The number of halogens is 2. The lowest BCUT2D eigenvalue weighted by molar-refractivity contribution is 0.0736. The average molecular weight is 341 g/mol. The minimum atomic E-state index is -0.00364. The number of thiophene rings is 1. The number of hydrogen-bond acceptors (Lipinski definition) is 3. The summed E-state index contributed by atoms with van der Waals surface area (Å²) in [6.45, 7) is 0.526. The zero-order valence-electron chi connectivity index (χ0n) is 11.2. The molecule has 3 nitrogen and oxygen atoms in total. The smallest absolute Gasteiger partial charge is 0.266 e. The Morgan fingerprint density at radius 2 is 2.05 bits per heavy atom. The fourth-order valence-corrected chi connectivity index (χ4v) is 3.30. The van der Waals surface area contributed by atoms with Crippen LogP contribution in [0.2, 0.25) is 10.0 Å². The SMILES string of the molecule is Nc1ccsc1C(=O)N(Cc1ccc(Cl)c(Cl)c1)C1CC1. The van der Waals surface area contributed by atoms with Gasteiger partial charge in [0.2, 0.25) is 0 Å². The zero-order valence-corrected chi connectivity index (χ0v) is 13.5. The van der Waals surface area contributed by atoms with E-state index in [1.165, 1.54) is 11.3 Å². The second-order valence-corrected chi connectivity index (χ2v) is 6.85. The summed E-state index contributed by atoms with van der Waals surface area (Å²) >= 11 is 13.4. The lowest BCUT2D eigenvalue weighted by atomic mass is 10.2. The molecule has 1 aliphatic carbocycles. The predicted molar refractivity (Wildman–Crippen MR) is 88.1 cm³/mol. The van der Waals surface area contributed by atoms with Crippen molar-refractivity contribution < 1.29 is 4.79 Å². The number of hydrogen-bond donors (Lipinski definition) is 1. The van der Waals surface area contributed by atoms with Crippen LogP contribution in [-0.4, -0.2) is 16.8 Å². The number of carbonyl (C=O) groups is 1. The van der Waals surface area contributed by atoms with Gasteiger partial charge in [0.15, 0.2) is 0 Å². The molecule has 1 fully saturated rings. The first-order valence-corrected chi connectivity index (χ1v) is 8.27. The first kappa shape index (κ1) is 14.7. The molecule has 2 N–H and O–H groups in total. The first-order valence-electron chi connectivity index (χ1n) is 6.64. The fraction of sp³-hybridized carbons (Fsp3) is 0.267. The highest BCUT2D eigenvalue weighted by atomic mass is 35.5. The summed E-state index contributed by atoms with van der Waals surface area (Å²) in [4.78, 5) is 15.2. The van der Waals surface area contributed by atoms with Crippen molar-refractivity contribution >= 4 is 46.1 Å². The molecule has 1 amide bonds. The maximum Gasteiger partial charge on any atom is 0.266 e. The van der Waals surface area contributed by atoms with Crippen LogP contribution < -0.4 is 5.73 Å². The molecule has 110 valence electrons. The van der Waals surface area contributed by atoms with E-state index in [-0.39, 0.29) is 5.91 Å². The van der Waals surface area contributed by atoms with Crippen molar-refractivity contribution in [2.24, 2.45) is 0 Å². The highest BCUT2D eigenvalue weighted by Gasteiger charge is 2.34. The van der Waals surface area contributed by atoms with Crippen LogP contribution in [0.25, 0.3) is 0 Å². The summed E-state index contributed by atoms with van der Waals surface area (Å²) in [5, 5.41) is 2.87. The van der Waals surface area contributed by atoms with E-state index in [4.69, 9.17) is 28.9 Å². The number of nitrogens with two attached hydrogens (primary N) is 1. The highest BCUT2D eigenvalue weighted by Crippen LogP contribution is 2.33. The van der Waals surface area contributed by atoms with E-state index in [1.807, 2.05) is 22.4 Å². The molecule has 0 bridgehead atoms. The van der Waals surface area contributed by atoms with E-state index in [0.29, 0.717) is 33.2 Å². The summed E-state index contributed by atoms with van der Waals surface area (Å²) < 4.78 is 0. The minimum absolute atomic E-state index is 0.00364. The summed E-state index contributed by atoms with van der Waals surface area (Å²) in [5.41, 5.74) is 7.38. The molecule has 0 radical (unpaired) electrons. The Kier molecular flexibility index (Phi) is 4.11. The van der Waals surface area contributed by atoms with Crippen LogP contribution >= 0.6 is 34.5 Å². The molecule has 2 aromatic rings. The lowest BCUT2D eigenvalue weighted by Crippen LogP contribution is -2.32. The molecule has 0 spiro atoms. The molecular weight excluding hydrogens is 327 g/mol. The van der Waals surface area contributed by atoms with Gasteiger partial charge in [0, 0.05) is 12.6 Å². The Labute approximate surface area is 137 Å². The number of carbonyl (C=O) groups excluding carboxylic acids is 1. The Morgan fingerprint density at radius 1 is 1.29 bits per heavy atom. The molecule has 21 heavy (non-hydrogen) atoms. The zero-order chi connectivity index (χ0) is 15.0. The number of anilines is 1. The van der Waals surface area contributed by atoms with E-state index in [0.717, 1.165) is 18.4 Å². The van der Waals surface area contributed by atoms with Crippen molar-refractivity contribution in [2.75, 3.05) is 5.73 Å². The molecule has 1 aromatic carbocycles. The van der Waals surface area contributed by atoms with Crippen LogP contribution in [0.5, 0.6) is 0 Å². The standard InChI is InChI=1S/C15H14Cl2N2OS/c16-11-4-1-9(7-12(11)17)8-19(10-2-3-10)15(20)14-13(18)5-6-21-14/h1,4-7,10H,2-3,8,18H2. The largest absolute Gasteiger partial charge is 0.397 e. The average Bonchev–Trinajstić information content (AvgIpc) is 3.21. The van der Waals surface area contributed by atoms with Gasteiger partial charge in [-0.1, -0.05) is 29.3 Å². The maximum absolute atomic E-state index is 12.7. The molecule has 3 rings (SSSR count). The van der Waals surface area contributed by atoms with Crippen LogP contribution in [0, 0.1) is 0 Å². The van der Waals surface area contributed by atoms with E-state index in [1.54, 1.807) is 12.1 Å². The van der Waals surface area contributed by atoms with Crippen molar-refractivity contribution in [3.63, 3.8) is 0 Å². The van der Waals surface area contributed by atoms with Crippen LogP contribution in [0.15, 0.2) is 29.6 Å². The third-order valence-electron chi connectivity index (χ3n) is 3.48. The fourth-order valence-electron chi connectivity index (χ4n) is 2.21. The first-order chi connectivity index (χ1) is 10.1. The summed E-state index contributed by atoms with van der Waals surface area (Å²) in [6, 6.07) is 7.53. The van der Waals surface area contributed by atoms with Gasteiger partial charge in [0.1, 0.15) is 4.88 Å². The monoisotopic (exact) mass is 340 g/mol. The molecule has 1 heterocycles. The van der Waals surface area contributed by atoms with Gasteiger partial charge in [-0.25, -0.2) is 0 Å². The Morgan fingerprint density at radius 3 is 2.62 bits per heavy atom. The van der Waals surface area contributed by atoms with Gasteiger partial charge in [-0.3, -0.25) is 4.79 Å². The normalized spacial score (nSPS) is 14.2. The molecule has 0 unspecified atom stereocenters. The van der Waals surface area contributed by atoms with Gasteiger partial charge in [0.05, 0.1) is 15.7 Å². The Balaban J connectivity index is 1.83. The van der Waals surface area contributed by atoms with Gasteiger partial charge in [0.25, 0.3) is 5.91 Å². The van der Waals surface area contributed by atoms with Crippen LogP contribution in [0.3, 0.4) is 0 Å². The topological polar surface area (TPSA) is 46.3 Å². The van der Waals surface area contributed by atoms with Crippen LogP contribution in [0.1, 0.15) is 28.1 Å². The molecule has 0 saturated heterocycles. The summed E-state index contributed by atoms with van der Waals surface area (Å²) in [6.07, 6.45) is 2.08. The van der Waals surface area contributed by atoms with Gasteiger partial charge in [-0.15, -0.1) is 11.3 Å². The molecule has 1 saturated carbocycles. The number of amides is 1. The Hall–Kier alpha value is -1.23. The van der Waals surface area contributed by atoms with Crippen molar-refractivity contribution in [1.82, 2.24) is 4.90 Å². The minimum Gasteiger partial charge on any atom is -0.397 e. The second-order valence-electron chi connectivity index (χ2n) is 5.12. The van der Waals surface area contributed by atoms with E-state index < -0.39 is 0 Å². The van der Waals surface area contributed by atoms with Gasteiger partial charge in [-0.2, -0.15) is 0 Å². The van der Waals surface area contributed by atoms with Crippen molar-refractivity contribution in [3.05, 3.63) is 50.1 Å². The molecular formula is C15H14Cl2N2OS. The van der Waals surface area contributed by atoms with Gasteiger partial charge in [-0.05, 0) is 42.0 Å². The summed E-state index contributed by atoms with van der Waals surface area (Å²) in [7, 11) is 0. The molecule has 0 aliphatic heterocycles. The van der Waals surface area contributed by atoms with Gasteiger partial charge < -0.3 is 10.6 Å². The predicted octanol–water partition coefficient (Wildman–Crippen LogP) is 4.44. The number of rotatable bonds is 4. The number of nitrogens with zero attached hydrogens (tertiary/aromatic N) is 1. The number of nitrogen functional groups attached to an aromatic ring is 1. The maximum atomic E-state index is 12.7. The van der Waals surface area contributed by atoms with Crippen molar-refractivity contribution in [3.8, 4) is 0 Å². The highest BCUT2D eigenvalue weighted by molar-refractivity contribution is 7.12. The van der Waals surface area contributed by atoms with E-state index in [9.17, 15) is 4.79 Å². The third kappa shape index (κ3) is 3.18. The van der Waals surface area contributed by atoms with E-state index >= 15 is 0 Å². The summed E-state index contributed by atoms with van der Waals surface area (Å²) in [5.74, 6) is -0.00364. The molecule has 1 aromatic heterocycles. The van der Waals surface area contributed by atoms with Crippen molar-refractivity contribution in [2.45, 2.75) is 25.4 Å². The number of benzene rings is 1. The molecule has 0 atom stereocenters. The third-order valence-corrected chi connectivity index (χ3v) is 5.13. The lowest BCUT2D eigenvalue weighted by Gasteiger charge is -2.22. The van der Waals surface area contributed by atoms with Crippen molar-refractivity contribution in [1.29, 1.82) is 0 Å². The van der Waals surface area contributed by atoms with E-state index in [2.05, 4.69) is 0 Å². The molecule has 6 heteroatoms. The Bertz CT molecular complexity index is 682. The van der Waals surface area contributed by atoms with Gasteiger partial charge >= 0.3 is 0 Å². The van der Waals surface area contributed by atoms with Crippen LogP contribution in [0.4, 0.5) is 5.69 Å². The quantitative estimate of drug-likeness (QED) is 0.893. The van der Waals surface area contributed by atoms with Crippen LogP contribution in [-0.2, 0) is 6.54 Å².